The Kier molecular flexibility index (Phi) is 2.82. The zero-order valence-electron chi connectivity index (χ0n) is 7.07. The minimum Gasteiger partial charge on any atom is -0.330 e. The summed E-state index contributed by atoms with van der Waals surface area (Å²) >= 11 is 0. The smallest absolute Gasteiger partial charge is 0.293 e. The number of amides is 1. The molecule has 66 valence electrons. The molecule has 5 nitrogen and oxygen atoms in total. The van der Waals surface area contributed by atoms with Gasteiger partial charge in [-0.05, 0) is 6.92 Å². The molecule has 0 aliphatic rings. The lowest BCUT2D eigenvalue weighted by Gasteiger charge is -2.02. The van der Waals surface area contributed by atoms with E-state index in [9.17, 15) is 4.79 Å². The average molecular weight is 169 g/mol. The highest BCUT2D eigenvalue weighted by molar-refractivity contribution is 5.91. The first-order chi connectivity index (χ1) is 5.75. The summed E-state index contributed by atoms with van der Waals surface area (Å²) in [5.41, 5.74) is 2.75. The number of rotatable bonds is 3. The molecule has 12 heavy (non-hydrogen) atoms. The van der Waals surface area contributed by atoms with E-state index in [2.05, 4.69) is 10.5 Å². The molecule has 0 spiro atoms. The first-order valence-electron chi connectivity index (χ1n) is 3.64. The van der Waals surface area contributed by atoms with E-state index in [4.69, 9.17) is 4.84 Å². The minimum atomic E-state index is -0.281. The van der Waals surface area contributed by atoms with Crippen LogP contribution < -0.4 is 5.48 Å². The normalized spacial score (nSPS) is 9.83. The van der Waals surface area contributed by atoms with Crippen molar-refractivity contribution in [2.75, 3.05) is 6.61 Å². The summed E-state index contributed by atoms with van der Waals surface area (Å²) in [6, 6.07) is 0. The number of carbonyl (C=O) groups excluding carboxylic acids is 1. The van der Waals surface area contributed by atoms with Crippen LogP contribution >= 0.6 is 0 Å². The standard InChI is InChI=1S/C7H11N3O2/c1-3-12-9-7(11)6-4-8-5-10(6)2/h4-5H,3H2,1-2H3,(H,9,11). The van der Waals surface area contributed by atoms with E-state index in [1.54, 1.807) is 24.9 Å². The Morgan fingerprint density at radius 1 is 1.83 bits per heavy atom. The largest absolute Gasteiger partial charge is 0.330 e. The van der Waals surface area contributed by atoms with Gasteiger partial charge in [0.2, 0.25) is 0 Å². The van der Waals surface area contributed by atoms with Crippen LogP contribution in [0.15, 0.2) is 12.5 Å². The molecule has 1 N–H and O–H groups in total. The fraction of sp³-hybridized carbons (Fsp3) is 0.429. The summed E-state index contributed by atoms with van der Waals surface area (Å²) in [7, 11) is 1.74. The maximum absolute atomic E-state index is 11.2. The monoisotopic (exact) mass is 169 g/mol. The molecule has 1 heterocycles. The molecule has 1 aromatic heterocycles. The number of hydrogen-bond donors (Lipinski definition) is 1. The zero-order chi connectivity index (χ0) is 8.97. The van der Waals surface area contributed by atoms with E-state index in [-0.39, 0.29) is 5.91 Å². The highest BCUT2D eigenvalue weighted by Crippen LogP contribution is 1.94. The molecule has 1 aromatic rings. The molecule has 0 atom stereocenters. The maximum atomic E-state index is 11.2. The summed E-state index contributed by atoms with van der Waals surface area (Å²) in [6.07, 6.45) is 3.04. The van der Waals surface area contributed by atoms with E-state index in [0.29, 0.717) is 12.3 Å². The summed E-state index contributed by atoms with van der Waals surface area (Å²) in [5, 5.41) is 0. The lowest BCUT2D eigenvalue weighted by atomic mass is 10.4. The third-order valence-electron chi connectivity index (χ3n) is 1.36. The van der Waals surface area contributed by atoms with Crippen LogP contribution in [0.2, 0.25) is 0 Å². The fourth-order valence-electron chi connectivity index (χ4n) is 0.766. The number of carbonyl (C=O) groups is 1. The van der Waals surface area contributed by atoms with Gasteiger partial charge in [0, 0.05) is 7.05 Å². The van der Waals surface area contributed by atoms with Crippen molar-refractivity contribution in [1.29, 1.82) is 0 Å². The SMILES string of the molecule is CCONC(=O)c1cncn1C. The molecular weight excluding hydrogens is 158 g/mol. The molecule has 0 aliphatic carbocycles. The van der Waals surface area contributed by atoms with Crippen LogP contribution in [-0.2, 0) is 11.9 Å². The van der Waals surface area contributed by atoms with E-state index < -0.39 is 0 Å². The van der Waals surface area contributed by atoms with Gasteiger partial charge < -0.3 is 4.57 Å². The zero-order valence-corrected chi connectivity index (χ0v) is 7.07. The lowest BCUT2D eigenvalue weighted by molar-refractivity contribution is 0.0357. The predicted molar refractivity (Wildman–Crippen MR) is 42.3 cm³/mol. The summed E-state index contributed by atoms with van der Waals surface area (Å²) in [5.74, 6) is -0.281. The van der Waals surface area contributed by atoms with Gasteiger partial charge in [-0.15, -0.1) is 0 Å². The summed E-state index contributed by atoms with van der Waals surface area (Å²) in [6.45, 7) is 2.24. The Hall–Kier alpha value is -1.36. The Bertz CT molecular complexity index is 269. The second kappa shape index (κ2) is 3.87. The van der Waals surface area contributed by atoms with Gasteiger partial charge in [-0.3, -0.25) is 9.63 Å². The molecule has 0 aromatic carbocycles. The number of aryl methyl sites for hydroxylation is 1. The molecule has 5 heteroatoms. The molecule has 0 bridgehead atoms. The number of nitrogens with one attached hydrogen (secondary N) is 1. The maximum Gasteiger partial charge on any atom is 0.293 e. The fourth-order valence-corrected chi connectivity index (χ4v) is 0.766. The molecule has 1 amide bonds. The molecule has 0 unspecified atom stereocenters. The second-order valence-corrected chi connectivity index (χ2v) is 2.25. The van der Waals surface area contributed by atoms with Crippen molar-refractivity contribution in [3.63, 3.8) is 0 Å². The Morgan fingerprint density at radius 3 is 3.08 bits per heavy atom. The molecule has 0 saturated carbocycles. The van der Waals surface area contributed by atoms with Gasteiger partial charge in [-0.1, -0.05) is 0 Å². The van der Waals surface area contributed by atoms with Crippen molar-refractivity contribution in [2.45, 2.75) is 6.92 Å². The first kappa shape index (κ1) is 8.73. The number of imidazole rings is 1. The quantitative estimate of drug-likeness (QED) is 0.653. The Balaban J connectivity index is 2.59. The van der Waals surface area contributed by atoms with E-state index in [1.807, 2.05) is 0 Å². The van der Waals surface area contributed by atoms with Gasteiger partial charge in [0.15, 0.2) is 0 Å². The van der Waals surface area contributed by atoms with E-state index >= 15 is 0 Å². The molecule has 0 radical (unpaired) electrons. The number of hydrogen-bond acceptors (Lipinski definition) is 3. The number of aromatic nitrogens is 2. The second-order valence-electron chi connectivity index (χ2n) is 2.25. The number of nitrogens with zero attached hydrogens (tertiary/aromatic N) is 2. The van der Waals surface area contributed by atoms with Gasteiger partial charge in [0.05, 0.1) is 19.1 Å². The van der Waals surface area contributed by atoms with Crippen LogP contribution in [-0.4, -0.2) is 22.1 Å². The molecule has 1 rings (SSSR count). The van der Waals surface area contributed by atoms with Gasteiger partial charge >= 0.3 is 0 Å². The number of hydroxylamine groups is 1. The molecule has 0 saturated heterocycles. The van der Waals surface area contributed by atoms with Crippen molar-refractivity contribution < 1.29 is 9.63 Å². The van der Waals surface area contributed by atoms with Gasteiger partial charge in [-0.25, -0.2) is 10.5 Å². The summed E-state index contributed by atoms with van der Waals surface area (Å²) < 4.78 is 1.62. The highest BCUT2D eigenvalue weighted by Gasteiger charge is 2.08. The molecular formula is C7H11N3O2. The van der Waals surface area contributed by atoms with Crippen molar-refractivity contribution in [1.82, 2.24) is 15.0 Å². The Morgan fingerprint density at radius 2 is 2.58 bits per heavy atom. The predicted octanol–water partition coefficient (Wildman–Crippen LogP) is 0.101. The van der Waals surface area contributed by atoms with Crippen molar-refractivity contribution in [3.05, 3.63) is 18.2 Å². The average Bonchev–Trinajstić information content (AvgIpc) is 2.47. The van der Waals surface area contributed by atoms with Crippen molar-refractivity contribution >= 4 is 5.91 Å². The third-order valence-corrected chi connectivity index (χ3v) is 1.36. The Labute approximate surface area is 70.3 Å². The van der Waals surface area contributed by atoms with Crippen LogP contribution in [0.5, 0.6) is 0 Å². The lowest BCUT2D eigenvalue weighted by Crippen LogP contribution is -2.25. The van der Waals surface area contributed by atoms with E-state index in [1.165, 1.54) is 6.20 Å². The van der Waals surface area contributed by atoms with Crippen LogP contribution in [0.3, 0.4) is 0 Å². The van der Waals surface area contributed by atoms with Gasteiger partial charge in [0.1, 0.15) is 5.69 Å². The van der Waals surface area contributed by atoms with Crippen LogP contribution in [0.1, 0.15) is 17.4 Å². The highest BCUT2D eigenvalue weighted by atomic mass is 16.6. The first-order valence-corrected chi connectivity index (χ1v) is 3.64. The van der Waals surface area contributed by atoms with Crippen LogP contribution in [0, 0.1) is 0 Å². The minimum absolute atomic E-state index is 0.281. The van der Waals surface area contributed by atoms with Crippen LogP contribution in [0.25, 0.3) is 0 Å². The topological polar surface area (TPSA) is 56.1 Å². The molecule has 0 fully saturated rings. The van der Waals surface area contributed by atoms with Gasteiger partial charge in [-0.2, -0.15) is 0 Å². The third kappa shape index (κ3) is 1.82. The summed E-state index contributed by atoms with van der Waals surface area (Å²) in [4.78, 5) is 19.7. The van der Waals surface area contributed by atoms with Crippen LogP contribution in [0.4, 0.5) is 0 Å². The van der Waals surface area contributed by atoms with Gasteiger partial charge in [0.25, 0.3) is 5.91 Å². The molecule has 0 aliphatic heterocycles. The van der Waals surface area contributed by atoms with Crippen molar-refractivity contribution in [3.8, 4) is 0 Å². The van der Waals surface area contributed by atoms with Crippen molar-refractivity contribution in [2.24, 2.45) is 7.05 Å². The van der Waals surface area contributed by atoms with E-state index in [0.717, 1.165) is 0 Å².